The number of hydrogen-bond acceptors (Lipinski definition) is 1. The zero-order chi connectivity index (χ0) is 29.3. The third-order valence-electron chi connectivity index (χ3n) is 6.20. The first kappa shape index (κ1) is 32.6. The second kappa shape index (κ2) is 14.7. The Morgan fingerprint density at radius 3 is 2.36 bits per heavy atom. The van der Waals surface area contributed by atoms with Crippen molar-refractivity contribution in [3.05, 3.63) is 92.3 Å². The number of rotatable bonds is 8. The van der Waals surface area contributed by atoms with Crippen molar-refractivity contribution >= 4 is 40.3 Å². The molecule has 0 saturated heterocycles. The number of benzene rings is 2. The fraction of sp³-hybridized carbons (Fsp3) is 0.367. The van der Waals surface area contributed by atoms with Crippen LogP contribution in [0.15, 0.2) is 58.7 Å². The van der Waals surface area contributed by atoms with E-state index in [0.29, 0.717) is 5.02 Å². The van der Waals surface area contributed by atoms with Gasteiger partial charge in [-0.05, 0) is 74.6 Å². The highest BCUT2D eigenvalue weighted by Gasteiger charge is 2.29. The summed E-state index contributed by atoms with van der Waals surface area (Å²) in [4.78, 5) is 7.21. The van der Waals surface area contributed by atoms with Gasteiger partial charge in [-0.1, -0.05) is 62.5 Å². The summed E-state index contributed by atoms with van der Waals surface area (Å²) in [5, 5.41) is 1.49. The predicted octanol–water partition coefficient (Wildman–Crippen LogP) is 11.1. The van der Waals surface area contributed by atoms with Crippen molar-refractivity contribution in [3.8, 4) is 0 Å². The normalized spacial score (nSPS) is 13.6. The topological polar surface area (TPSA) is 28.1 Å². The van der Waals surface area contributed by atoms with E-state index in [0.717, 1.165) is 66.5 Å². The SMILES string of the molecule is CC/C=C(C)/N=C/C=C(\C)C(F)(F)F.CCCCc1c(C(C)c2ccc(Cl)c(F)c2F)[nH]c2ccc(Cl)cc12. The number of halogens is 7. The van der Waals surface area contributed by atoms with Crippen LogP contribution in [-0.2, 0) is 6.42 Å². The smallest absolute Gasteiger partial charge is 0.358 e. The molecule has 0 bridgehead atoms. The average molecular weight is 588 g/mol. The van der Waals surface area contributed by atoms with Gasteiger partial charge in [-0.3, -0.25) is 4.99 Å². The number of nitrogens with one attached hydrogen (secondary N) is 1. The summed E-state index contributed by atoms with van der Waals surface area (Å²) in [5.74, 6) is -2.22. The van der Waals surface area contributed by atoms with E-state index in [4.69, 9.17) is 23.2 Å². The molecule has 1 unspecified atom stereocenters. The van der Waals surface area contributed by atoms with E-state index in [2.05, 4.69) is 16.9 Å². The standard InChI is InChI=1S/C20H19Cl2F2N.C10H14F3N/c1-3-4-5-14-15-10-12(21)6-9-17(15)25-20(14)11(2)13-7-8-16(22)19(24)18(13)23;1-4-5-9(3)14-7-6-8(2)10(11,12)13/h6-11,25H,3-5H2,1-2H3;5-7H,4H2,1-3H3/b;8-6+,9-5+,14-7+. The summed E-state index contributed by atoms with van der Waals surface area (Å²) < 4.78 is 64.2. The molecule has 212 valence electrons. The number of aromatic nitrogens is 1. The number of aromatic amines is 1. The van der Waals surface area contributed by atoms with Crippen LogP contribution in [0, 0.1) is 11.6 Å². The van der Waals surface area contributed by atoms with E-state index < -0.39 is 23.4 Å². The van der Waals surface area contributed by atoms with Crippen molar-refractivity contribution in [1.82, 2.24) is 4.98 Å². The highest BCUT2D eigenvalue weighted by molar-refractivity contribution is 6.31. The second-order valence-electron chi connectivity index (χ2n) is 9.18. The number of aliphatic imine (C=N–C) groups is 1. The molecular weight excluding hydrogens is 554 g/mol. The Morgan fingerprint density at radius 1 is 1.05 bits per heavy atom. The molecule has 2 nitrogen and oxygen atoms in total. The lowest BCUT2D eigenvalue weighted by atomic mass is 9.92. The quantitative estimate of drug-likeness (QED) is 0.154. The molecule has 0 fully saturated rings. The summed E-state index contributed by atoms with van der Waals surface area (Å²) in [6, 6.07) is 8.61. The molecule has 0 amide bonds. The van der Waals surface area contributed by atoms with Gasteiger partial charge in [-0.15, -0.1) is 0 Å². The summed E-state index contributed by atoms with van der Waals surface area (Å²) in [6.45, 7) is 8.70. The first-order chi connectivity index (χ1) is 18.3. The Balaban J connectivity index is 0.000000326. The number of nitrogens with zero attached hydrogens (tertiary/aromatic N) is 1. The van der Waals surface area contributed by atoms with Crippen LogP contribution in [0.1, 0.15) is 76.6 Å². The summed E-state index contributed by atoms with van der Waals surface area (Å²) in [7, 11) is 0. The molecule has 1 atom stereocenters. The van der Waals surface area contributed by atoms with Crippen molar-refractivity contribution in [2.45, 2.75) is 72.4 Å². The molecule has 0 aliphatic rings. The highest BCUT2D eigenvalue weighted by Crippen LogP contribution is 2.36. The van der Waals surface area contributed by atoms with E-state index in [1.54, 1.807) is 13.0 Å². The minimum absolute atomic E-state index is 0.205. The van der Waals surface area contributed by atoms with Gasteiger partial charge in [-0.25, -0.2) is 8.78 Å². The van der Waals surface area contributed by atoms with E-state index in [-0.39, 0.29) is 16.5 Å². The van der Waals surface area contributed by atoms with Crippen LogP contribution >= 0.6 is 23.2 Å². The lowest BCUT2D eigenvalue weighted by Crippen LogP contribution is -2.08. The lowest BCUT2D eigenvalue weighted by molar-refractivity contribution is -0.0911. The van der Waals surface area contributed by atoms with Gasteiger partial charge < -0.3 is 4.98 Å². The number of hydrogen-bond donors (Lipinski definition) is 1. The van der Waals surface area contributed by atoms with Crippen LogP contribution < -0.4 is 0 Å². The Morgan fingerprint density at radius 2 is 1.74 bits per heavy atom. The number of unbranched alkanes of at least 4 members (excludes halogenated alkanes) is 1. The second-order valence-corrected chi connectivity index (χ2v) is 10.0. The largest absolute Gasteiger partial charge is 0.412 e. The van der Waals surface area contributed by atoms with Gasteiger partial charge in [0.05, 0.1) is 5.02 Å². The van der Waals surface area contributed by atoms with Gasteiger partial charge in [0.1, 0.15) is 0 Å². The van der Waals surface area contributed by atoms with Crippen LogP contribution in [0.5, 0.6) is 0 Å². The van der Waals surface area contributed by atoms with Gasteiger partial charge in [0, 0.05) is 45.0 Å². The van der Waals surface area contributed by atoms with Crippen molar-refractivity contribution in [2.75, 3.05) is 0 Å². The van der Waals surface area contributed by atoms with E-state index >= 15 is 0 Å². The molecule has 1 aromatic heterocycles. The van der Waals surface area contributed by atoms with Crippen molar-refractivity contribution in [1.29, 1.82) is 0 Å². The van der Waals surface area contributed by atoms with Crippen LogP contribution in [0.4, 0.5) is 22.0 Å². The van der Waals surface area contributed by atoms with Crippen LogP contribution in [0.3, 0.4) is 0 Å². The van der Waals surface area contributed by atoms with Gasteiger partial charge in [0.2, 0.25) is 0 Å². The Bertz CT molecular complexity index is 1350. The van der Waals surface area contributed by atoms with Crippen molar-refractivity contribution in [3.63, 3.8) is 0 Å². The summed E-state index contributed by atoms with van der Waals surface area (Å²) in [5.41, 5.74) is 3.32. The number of alkyl halides is 3. The average Bonchev–Trinajstić information content (AvgIpc) is 3.23. The van der Waals surface area contributed by atoms with Crippen molar-refractivity contribution < 1.29 is 22.0 Å². The molecule has 9 heteroatoms. The molecule has 3 aromatic rings. The van der Waals surface area contributed by atoms with Crippen LogP contribution in [-0.4, -0.2) is 17.4 Å². The number of aryl methyl sites for hydroxylation is 1. The molecule has 39 heavy (non-hydrogen) atoms. The molecule has 3 rings (SSSR count). The molecule has 1 heterocycles. The number of H-pyrrole nitrogens is 1. The summed E-state index contributed by atoms with van der Waals surface area (Å²) >= 11 is 11.8. The molecule has 2 aromatic carbocycles. The third kappa shape index (κ3) is 8.94. The predicted molar refractivity (Wildman–Crippen MR) is 153 cm³/mol. The molecular formula is C30H33Cl2F5N2. The van der Waals surface area contributed by atoms with Crippen LogP contribution in [0.25, 0.3) is 10.9 Å². The van der Waals surface area contributed by atoms with E-state index in [1.165, 1.54) is 12.3 Å². The van der Waals surface area contributed by atoms with Gasteiger partial charge in [0.15, 0.2) is 11.6 Å². The molecule has 0 saturated carbocycles. The van der Waals surface area contributed by atoms with Gasteiger partial charge in [-0.2, -0.15) is 13.2 Å². The maximum atomic E-state index is 14.4. The molecule has 1 N–H and O–H groups in total. The minimum atomic E-state index is -4.26. The first-order valence-electron chi connectivity index (χ1n) is 12.7. The van der Waals surface area contributed by atoms with E-state index in [9.17, 15) is 22.0 Å². The maximum absolute atomic E-state index is 14.4. The van der Waals surface area contributed by atoms with Gasteiger partial charge >= 0.3 is 6.18 Å². The number of allylic oxidation sites excluding steroid dienone is 4. The fourth-order valence-electron chi connectivity index (χ4n) is 3.97. The summed E-state index contributed by atoms with van der Waals surface area (Å²) in [6.07, 6.45) is 3.46. The Kier molecular flexibility index (Phi) is 12.2. The third-order valence-corrected chi connectivity index (χ3v) is 6.72. The lowest BCUT2D eigenvalue weighted by Gasteiger charge is -2.15. The minimum Gasteiger partial charge on any atom is -0.358 e. The van der Waals surface area contributed by atoms with Crippen molar-refractivity contribution in [2.24, 2.45) is 4.99 Å². The molecule has 0 spiro atoms. The fourth-order valence-corrected chi connectivity index (χ4v) is 4.29. The Hall–Kier alpha value is -2.64. The Labute approximate surface area is 236 Å². The zero-order valence-corrected chi connectivity index (χ0v) is 24.1. The zero-order valence-electron chi connectivity index (χ0n) is 22.6. The molecule has 0 aliphatic carbocycles. The highest BCUT2D eigenvalue weighted by atomic mass is 35.5. The van der Waals surface area contributed by atoms with Crippen LogP contribution in [0.2, 0.25) is 10.0 Å². The first-order valence-corrected chi connectivity index (χ1v) is 13.5. The molecule has 0 radical (unpaired) electrons. The van der Waals surface area contributed by atoms with Gasteiger partial charge in [0.25, 0.3) is 0 Å². The number of fused-ring (bicyclic) bond motifs is 1. The maximum Gasteiger partial charge on any atom is 0.412 e. The van der Waals surface area contributed by atoms with E-state index in [1.807, 2.05) is 38.1 Å². The monoisotopic (exact) mass is 586 g/mol. The molecule has 0 aliphatic heterocycles.